The smallest absolute Gasteiger partial charge is 0.305 e. The number of nitrogens with zero attached hydrogens (tertiary/aromatic N) is 2. The average Bonchev–Trinajstić information content (AvgIpc) is 2.71. The predicted octanol–water partition coefficient (Wildman–Crippen LogP) is 1.91. The van der Waals surface area contributed by atoms with Crippen molar-refractivity contribution in [1.82, 2.24) is 10.2 Å². The van der Waals surface area contributed by atoms with Gasteiger partial charge in [-0.3, -0.25) is 14.4 Å². The highest BCUT2D eigenvalue weighted by molar-refractivity contribution is 5.97. The van der Waals surface area contributed by atoms with Crippen molar-refractivity contribution in [3.8, 4) is 11.8 Å². The number of hydrogen-bond acceptors (Lipinski definition) is 5. The fourth-order valence-electron chi connectivity index (χ4n) is 2.51. The number of aliphatic carboxylic acids is 1. The number of carboxylic acids is 1. The molecule has 1 atom stereocenters. The predicted molar refractivity (Wildman–Crippen MR) is 105 cm³/mol. The van der Waals surface area contributed by atoms with Crippen LogP contribution in [0.3, 0.4) is 0 Å². The summed E-state index contributed by atoms with van der Waals surface area (Å²) in [6, 6.07) is 13.7. The van der Waals surface area contributed by atoms with E-state index in [1.807, 2.05) is 6.07 Å². The number of carbonyl (C=O) groups excluding carboxylic acids is 2. The van der Waals surface area contributed by atoms with Gasteiger partial charge in [0.2, 0.25) is 0 Å². The highest BCUT2D eigenvalue weighted by Gasteiger charge is 2.18. The first-order valence-corrected chi connectivity index (χ1v) is 8.77. The van der Waals surface area contributed by atoms with Crippen LogP contribution in [-0.4, -0.2) is 54.5 Å². The summed E-state index contributed by atoms with van der Waals surface area (Å²) in [5.41, 5.74) is 1.14. The summed E-state index contributed by atoms with van der Waals surface area (Å²) in [5.74, 6) is -1.35. The molecule has 0 aliphatic heterocycles. The van der Waals surface area contributed by atoms with Crippen LogP contribution >= 0.6 is 0 Å². The first kappa shape index (κ1) is 21.4. The van der Waals surface area contributed by atoms with Crippen LogP contribution < -0.4 is 10.1 Å². The SMILES string of the molecule is CN(C)C(=O)c1ccc(C(=O)N[C@@H](COc2cccc(C#N)c2)CC(=O)O)cc1. The van der Waals surface area contributed by atoms with Crippen molar-refractivity contribution in [2.75, 3.05) is 20.7 Å². The molecular weight excluding hydrogens is 374 g/mol. The van der Waals surface area contributed by atoms with Gasteiger partial charge in [0.25, 0.3) is 11.8 Å². The van der Waals surface area contributed by atoms with Crippen molar-refractivity contribution >= 4 is 17.8 Å². The minimum Gasteiger partial charge on any atom is -0.491 e. The van der Waals surface area contributed by atoms with Crippen molar-refractivity contribution in [1.29, 1.82) is 5.26 Å². The molecule has 2 amide bonds. The Hall–Kier alpha value is -3.86. The van der Waals surface area contributed by atoms with Gasteiger partial charge in [0, 0.05) is 25.2 Å². The second kappa shape index (κ2) is 9.90. The standard InChI is InChI=1S/C21H21N3O5/c1-24(2)21(28)16-8-6-15(7-9-16)20(27)23-17(11-19(25)26)13-29-18-5-3-4-14(10-18)12-22/h3-10,17H,11,13H2,1-2H3,(H,23,27)(H,25,26)/t17-/m1/s1. The van der Waals surface area contributed by atoms with Crippen LogP contribution in [0.2, 0.25) is 0 Å². The van der Waals surface area contributed by atoms with Gasteiger partial charge in [0.15, 0.2) is 0 Å². The van der Waals surface area contributed by atoms with Gasteiger partial charge in [-0.15, -0.1) is 0 Å². The third-order valence-electron chi connectivity index (χ3n) is 3.97. The molecule has 0 spiro atoms. The van der Waals surface area contributed by atoms with Crippen LogP contribution in [0, 0.1) is 11.3 Å². The summed E-state index contributed by atoms with van der Waals surface area (Å²) in [5, 5.41) is 20.7. The minimum absolute atomic E-state index is 0.0792. The van der Waals surface area contributed by atoms with Gasteiger partial charge < -0.3 is 20.1 Å². The summed E-state index contributed by atoms with van der Waals surface area (Å²) < 4.78 is 5.55. The van der Waals surface area contributed by atoms with Crippen LogP contribution in [0.4, 0.5) is 0 Å². The monoisotopic (exact) mass is 395 g/mol. The number of ether oxygens (including phenoxy) is 1. The van der Waals surface area contributed by atoms with Crippen molar-refractivity contribution in [2.45, 2.75) is 12.5 Å². The second-order valence-corrected chi connectivity index (χ2v) is 6.50. The van der Waals surface area contributed by atoms with Crippen LogP contribution in [0.1, 0.15) is 32.7 Å². The summed E-state index contributed by atoms with van der Waals surface area (Å²) >= 11 is 0. The summed E-state index contributed by atoms with van der Waals surface area (Å²) in [7, 11) is 3.26. The molecule has 150 valence electrons. The van der Waals surface area contributed by atoms with E-state index < -0.39 is 17.9 Å². The van der Waals surface area contributed by atoms with Gasteiger partial charge in [-0.25, -0.2) is 0 Å². The van der Waals surface area contributed by atoms with Crippen LogP contribution in [0.15, 0.2) is 48.5 Å². The van der Waals surface area contributed by atoms with Crippen molar-refractivity contribution in [2.24, 2.45) is 0 Å². The summed E-state index contributed by atoms with van der Waals surface area (Å²) in [6.45, 7) is -0.0792. The molecule has 2 aromatic rings. The molecule has 8 nitrogen and oxygen atoms in total. The Morgan fingerprint density at radius 2 is 1.79 bits per heavy atom. The Kier molecular flexibility index (Phi) is 7.32. The lowest BCUT2D eigenvalue weighted by Gasteiger charge is -2.18. The maximum Gasteiger partial charge on any atom is 0.305 e. The Morgan fingerprint density at radius 3 is 2.38 bits per heavy atom. The average molecular weight is 395 g/mol. The molecule has 2 N–H and O–H groups in total. The molecule has 0 aliphatic rings. The quantitative estimate of drug-likeness (QED) is 0.705. The molecule has 0 saturated carbocycles. The molecule has 0 aromatic heterocycles. The largest absolute Gasteiger partial charge is 0.491 e. The topological polar surface area (TPSA) is 120 Å². The maximum absolute atomic E-state index is 12.5. The number of hydrogen-bond donors (Lipinski definition) is 2. The number of carboxylic acid groups (broad SMARTS) is 1. The van der Waals surface area contributed by atoms with E-state index in [4.69, 9.17) is 15.1 Å². The second-order valence-electron chi connectivity index (χ2n) is 6.50. The molecule has 0 bridgehead atoms. The van der Waals surface area contributed by atoms with Gasteiger partial charge in [-0.1, -0.05) is 6.07 Å². The minimum atomic E-state index is -1.09. The fraction of sp³-hybridized carbons (Fsp3) is 0.238. The lowest BCUT2D eigenvalue weighted by atomic mass is 10.1. The zero-order chi connectivity index (χ0) is 21.4. The van der Waals surface area contributed by atoms with Crippen LogP contribution in [0.25, 0.3) is 0 Å². The lowest BCUT2D eigenvalue weighted by Crippen LogP contribution is -2.40. The van der Waals surface area contributed by atoms with Gasteiger partial charge >= 0.3 is 5.97 Å². The van der Waals surface area contributed by atoms with Gasteiger partial charge in [-0.2, -0.15) is 5.26 Å². The van der Waals surface area contributed by atoms with Gasteiger partial charge in [0.05, 0.1) is 24.1 Å². The van der Waals surface area contributed by atoms with E-state index in [0.29, 0.717) is 22.4 Å². The molecular formula is C21H21N3O5. The van der Waals surface area contributed by atoms with Crippen LogP contribution in [0.5, 0.6) is 5.75 Å². The van der Waals surface area contributed by atoms with Gasteiger partial charge in [-0.05, 0) is 42.5 Å². The molecule has 2 rings (SSSR count). The Balaban J connectivity index is 2.04. The Labute approximate surface area is 168 Å². The number of carbonyl (C=O) groups is 3. The number of amides is 2. The number of rotatable bonds is 8. The molecule has 0 heterocycles. The molecule has 0 unspecified atom stereocenters. The molecule has 0 saturated heterocycles. The van der Waals surface area contributed by atoms with E-state index in [-0.39, 0.29) is 18.9 Å². The van der Waals surface area contributed by atoms with E-state index in [9.17, 15) is 14.4 Å². The number of nitrogens with one attached hydrogen (secondary N) is 1. The van der Waals surface area contributed by atoms with E-state index in [2.05, 4.69) is 5.32 Å². The fourth-order valence-corrected chi connectivity index (χ4v) is 2.51. The van der Waals surface area contributed by atoms with E-state index in [0.717, 1.165) is 0 Å². The highest BCUT2D eigenvalue weighted by Crippen LogP contribution is 2.13. The van der Waals surface area contributed by atoms with Crippen molar-refractivity contribution in [3.63, 3.8) is 0 Å². The molecule has 8 heteroatoms. The summed E-state index contributed by atoms with van der Waals surface area (Å²) in [4.78, 5) is 36.9. The highest BCUT2D eigenvalue weighted by atomic mass is 16.5. The molecule has 2 aromatic carbocycles. The first-order valence-electron chi connectivity index (χ1n) is 8.77. The van der Waals surface area contributed by atoms with E-state index >= 15 is 0 Å². The number of nitriles is 1. The lowest BCUT2D eigenvalue weighted by molar-refractivity contribution is -0.137. The van der Waals surface area contributed by atoms with Crippen LogP contribution in [-0.2, 0) is 4.79 Å². The Morgan fingerprint density at radius 1 is 1.14 bits per heavy atom. The summed E-state index contributed by atoms with van der Waals surface area (Å²) in [6.07, 6.45) is -0.332. The molecule has 29 heavy (non-hydrogen) atoms. The third-order valence-corrected chi connectivity index (χ3v) is 3.97. The Bertz CT molecular complexity index is 932. The molecule has 0 radical (unpaired) electrons. The molecule has 0 fully saturated rings. The zero-order valence-electron chi connectivity index (χ0n) is 16.1. The molecule has 0 aliphatic carbocycles. The van der Waals surface area contributed by atoms with Crippen molar-refractivity contribution < 1.29 is 24.2 Å². The zero-order valence-corrected chi connectivity index (χ0v) is 16.1. The normalized spacial score (nSPS) is 11.1. The number of benzene rings is 2. The van der Waals surface area contributed by atoms with Crippen molar-refractivity contribution in [3.05, 3.63) is 65.2 Å². The first-order chi connectivity index (χ1) is 13.8. The van der Waals surface area contributed by atoms with Gasteiger partial charge in [0.1, 0.15) is 12.4 Å². The maximum atomic E-state index is 12.5. The van der Waals surface area contributed by atoms with E-state index in [1.165, 1.54) is 35.2 Å². The third kappa shape index (κ3) is 6.36. The van der Waals surface area contributed by atoms with E-state index in [1.54, 1.807) is 32.3 Å².